The molecule has 1 aliphatic heterocycles. The Kier molecular flexibility index (Phi) is 4.35. The summed E-state index contributed by atoms with van der Waals surface area (Å²) in [5.41, 5.74) is 2.18. The van der Waals surface area contributed by atoms with Gasteiger partial charge in [-0.15, -0.1) is 0 Å². The van der Waals surface area contributed by atoms with E-state index < -0.39 is 0 Å². The van der Waals surface area contributed by atoms with Crippen LogP contribution in [-0.2, 0) is 4.79 Å². The molecule has 0 aliphatic carbocycles. The van der Waals surface area contributed by atoms with Crippen molar-refractivity contribution in [3.8, 4) is 17.2 Å². The van der Waals surface area contributed by atoms with Crippen molar-refractivity contribution < 1.29 is 18.4 Å². The fourth-order valence-corrected chi connectivity index (χ4v) is 3.31. The van der Waals surface area contributed by atoms with Gasteiger partial charge in [-0.3, -0.25) is 4.79 Å². The van der Waals surface area contributed by atoms with Crippen molar-refractivity contribution in [1.82, 2.24) is 10.1 Å². The van der Waals surface area contributed by atoms with Gasteiger partial charge in [-0.25, -0.2) is 4.39 Å². The highest BCUT2D eigenvalue weighted by Crippen LogP contribution is 2.33. The second kappa shape index (κ2) is 6.83. The number of rotatable bonds is 4. The Balaban J connectivity index is 1.57. The van der Waals surface area contributed by atoms with Gasteiger partial charge in [0.15, 0.2) is 5.82 Å². The van der Waals surface area contributed by atoms with Crippen molar-refractivity contribution in [1.29, 1.82) is 0 Å². The number of carbonyl (C=O) groups excluding carboxylic acids is 1. The monoisotopic (exact) mass is 367 g/mol. The topological polar surface area (TPSA) is 68.5 Å². The molecule has 138 valence electrons. The molecule has 0 saturated carbocycles. The summed E-state index contributed by atoms with van der Waals surface area (Å²) < 4.78 is 23.9. The van der Waals surface area contributed by atoms with Gasteiger partial charge in [0.2, 0.25) is 5.91 Å². The smallest absolute Gasteiger partial charge is 0.258 e. The van der Waals surface area contributed by atoms with E-state index in [4.69, 9.17) is 9.26 Å². The molecule has 1 aromatic heterocycles. The minimum atomic E-state index is -0.319. The first-order valence-corrected chi connectivity index (χ1v) is 8.59. The number of aryl methyl sites for hydroxylation is 1. The van der Waals surface area contributed by atoms with Crippen LogP contribution in [0.15, 0.2) is 47.0 Å². The highest BCUT2D eigenvalue weighted by Gasteiger charge is 2.35. The third-order valence-corrected chi connectivity index (χ3v) is 4.70. The number of halogens is 1. The molecule has 1 fully saturated rings. The largest absolute Gasteiger partial charge is 0.497 e. The number of ether oxygens (including phenoxy) is 1. The molecule has 7 heteroatoms. The van der Waals surface area contributed by atoms with Crippen molar-refractivity contribution in [3.05, 3.63) is 59.7 Å². The maximum atomic E-state index is 13.3. The summed E-state index contributed by atoms with van der Waals surface area (Å²) >= 11 is 0. The fraction of sp³-hybridized carbons (Fsp3) is 0.250. The molecule has 3 aromatic rings. The van der Waals surface area contributed by atoms with Crippen LogP contribution >= 0.6 is 0 Å². The first-order valence-electron chi connectivity index (χ1n) is 8.59. The van der Waals surface area contributed by atoms with Crippen LogP contribution in [0.2, 0.25) is 0 Å². The van der Waals surface area contributed by atoms with Crippen LogP contribution in [0.4, 0.5) is 10.1 Å². The number of anilines is 1. The molecule has 1 unspecified atom stereocenters. The van der Waals surface area contributed by atoms with Gasteiger partial charge in [0, 0.05) is 30.1 Å². The molecular weight excluding hydrogens is 349 g/mol. The highest BCUT2D eigenvalue weighted by molar-refractivity contribution is 5.97. The lowest BCUT2D eigenvalue weighted by atomic mass is 10.1. The average Bonchev–Trinajstić information content (AvgIpc) is 3.29. The maximum Gasteiger partial charge on any atom is 0.258 e. The normalized spacial score (nSPS) is 16.8. The minimum Gasteiger partial charge on any atom is -0.497 e. The second-order valence-corrected chi connectivity index (χ2v) is 6.53. The number of hydrogen-bond acceptors (Lipinski definition) is 5. The van der Waals surface area contributed by atoms with E-state index in [0.29, 0.717) is 35.3 Å². The third-order valence-electron chi connectivity index (χ3n) is 4.70. The van der Waals surface area contributed by atoms with Crippen LogP contribution in [-0.4, -0.2) is 29.7 Å². The van der Waals surface area contributed by atoms with Gasteiger partial charge >= 0.3 is 0 Å². The van der Waals surface area contributed by atoms with Crippen LogP contribution < -0.4 is 9.64 Å². The van der Waals surface area contributed by atoms with Crippen LogP contribution in [0, 0.1) is 12.7 Å². The maximum absolute atomic E-state index is 13.3. The van der Waals surface area contributed by atoms with E-state index in [1.807, 2.05) is 24.3 Å². The quantitative estimate of drug-likeness (QED) is 0.703. The number of nitrogens with zero attached hydrogens (tertiary/aromatic N) is 3. The van der Waals surface area contributed by atoms with E-state index in [9.17, 15) is 9.18 Å². The van der Waals surface area contributed by atoms with Gasteiger partial charge in [0.25, 0.3) is 5.89 Å². The zero-order valence-electron chi connectivity index (χ0n) is 15.0. The first-order chi connectivity index (χ1) is 13.0. The average molecular weight is 367 g/mol. The summed E-state index contributed by atoms with van der Waals surface area (Å²) in [4.78, 5) is 18.6. The third kappa shape index (κ3) is 3.28. The van der Waals surface area contributed by atoms with Crippen molar-refractivity contribution in [2.24, 2.45) is 0 Å². The van der Waals surface area contributed by atoms with E-state index in [1.54, 1.807) is 25.0 Å². The zero-order chi connectivity index (χ0) is 19.0. The highest BCUT2D eigenvalue weighted by atomic mass is 19.1. The SMILES string of the molecule is COc1cccc(-c2nc(C3CC(=O)N(c4ccc(F)cc4C)C3)no2)c1. The fourth-order valence-electron chi connectivity index (χ4n) is 3.31. The number of aromatic nitrogens is 2. The van der Waals surface area contributed by atoms with Crippen LogP contribution in [0.25, 0.3) is 11.5 Å². The molecule has 0 N–H and O–H groups in total. The zero-order valence-corrected chi connectivity index (χ0v) is 15.0. The van der Waals surface area contributed by atoms with Crippen LogP contribution in [0.1, 0.15) is 23.7 Å². The summed E-state index contributed by atoms with van der Waals surface area (Å²) in [6.07, 6.45) is 0.286. The Hall–Kier alpha value is -3.22. The Morgan fingerprint density at radius 1 is 1.26 bits per heavy atom. The lowest BCUT2D eigenvalue weighted by Crippen LogP contribution is -2.25. The Bertz CT molecular complexity index is 1000. The molecular formula is C20H18FN3O3. The molecule has 0 spiro atoms. The van der Waals surface area contributed by atoms with E-state index in [2.05, 4.69) is 10.1 Å². The number of methoxy groups -OCH3 is 1. The number of hydrogen-bond donors (Lipinski definition) is 0. The molecule has 1 aliphatic rings. The lowest BCUT2D eigenvalue weighted by molar-refractivity contribution is -0.117. The molecule has 2 heterocycles. The van der Waals surface area contributed by atoms with Crippen molar-refractivity contribution in [2.45, 2.75) is 19.3 Å². The number of benzene rings is 2. The Morgan fingerprint density at radius 3 is 2.89 bits per heavy atom. The summed E-state index contributed by atoms with van der Waals surface area (Å²) in [7, 11) is 1.59. The molecule has 6 nitrogen and oxygen atoms in total. The molecule has 1 atom stereocenters. The van der Waals surface area contributed by atoms with E-state index in [0.717, 1.165) is 5.56 Å². The van der Waals surface area contributed by atoms with Crippen molar-refractivity contribution >= 4 is 11.6 Å². The van der Waals surface area contributed by atoms with Gasteiger partial charge in [-0.2, -0.15) is 4.98 Å². The second-order valence-electron chi connectivity index (χ2n) is 6.53. The first kappa shape index (κ1) is 17.2. The molecule has 27 heavy (non-hydrogen) atoms. The molecule has 0 bridgehead atoms. The van der Waals surface area contributed by atoms with Crippen molar-refractivity contribution in [2.75, 3.05) is 18.6 Å². The van der Waals surface area contributed by atoms with E-state index in [-0.39, 0.29) is 24.1 Å². The molecule has 0 radical (unpaired) electrons. The molecule has 1 saturated heterocycles. The van der Waals surface area contributed by atoms with Gasteiger partial charge < -0.3 is 14.2 Å². The van der Waals surface area contributed by atoms with E-state index >= 15 is 0 Å². The van der Waals surface area contributed by atoms with E-state index in [1.165, 1.54) is 12.1 Å². The van der Waals surface area contributed by atoms with Crippen LogP contribution in [0.3, 0.4) is 0 Å². The van der Waals surface area contributed by atoms with Gasteiger partial charge in [-0.05, 0) is 48.9 Å². The minimum absolute atomic E-state index is 0.0394. The predicted octanol–water partition coefficient (Wildman–Crippen LogP) is 3.71. The summed E-state index contributed by atoms with van der Waals surface area (Å²) in [6.45, 7) is 2.22. The predicted molar refractivity (Wildman–Crippen MR) is 97.1 cm³/mol. The molecule has 1 amide bonds. The van der Waals surface area contributed by atoms with Gasteiger partial charge in [0.05, 0.1) is 7.11 Å². The lowest BCUT2D eigenvalue weighted by Gasteiger charge is -2.18. The standard InChI is InChI=1S/C20H18FN3O3/c1-12-8-15(21)6-7-17(12)24-11-14(10-18(24)25)19-22-20(27-23-19)13-4-3-5-16(9-13)26-2/h3-9,14H,10-11H2,1-2H3. The van der Waals surface area contributed by atoms with Crippen molar-refractivity contribution in [3.63, 3.8) is 0 Å². The molecule has 4 rings (SSSR count). The van der Waals surface area contributed by atoms with Gasteiger partial charge in [0.1, 0.15) is 11.6 Å². The molecule has 2 aromatic carbocycles. The Labute approximate surface area is 155 Å². The number of amides is 1. The number of carbonyl (C=O) groups is 1. The summed E-state index contributed by atoms with van der Waals surface area (Å²) in [5, 5.41) is 4.06. The summed E-state index contributed by atoms with van der Waals surface area (Å²) in [5.74, 6) is 1.03. The van der Waals surface area contributed by atoms with Gasteiger partial charge in [-0.1, -0.05) is 11.2 Å². The summed E-state index contributed by atoms with van der Waals surface area (Å²) in [6, 6.07) is 11.8. The van der Waals surface area contributed by atoms with Crippen LogP contribution in [0.5, 0.6) is 5.75 Å². The Morgan fingerprint density at radius 2 is 2.11 bits per heavy atom.